The quantitative estimate of drug-likeness (QED) is 0.632. The molecule has 0 spiro atoms. The van der Waals surface area contributed by atoms with E-state index in [1.54, 1.807) is 59.4 Å². The first kappa shape index (κ1) is 20.2. The van der Waals surface area contributed by atoms with Gasteiger partial charge in [-0.1, -0.05) is 23.7 Å². The molecule has 1 aromatic carbocycles. The summed E-state index contributed by atoms with van der Waals surface area (Å²) in [4.78, 5) is 33.6. The Morgan fingerprint density at radius 1 is 1.07 bits per heavy atom. The molecule has 0 atom stereocenters. The third kappa shape index (κ3) is 4.26. The average molecular weight is 428 g/mol. The first-order valence-electron chi connectivity index (χ1n) is 9.84. The van der Waals surface area contributed by atoms with Gasteiger partial charge in [0.1, 0.15) is 5.76 Å². The topological polar surface area (TPSA) is 79.8 Å². The van der Waals surface area contributed by atoms with Crippen molar-refractivity contribution in [2.45, 2.75) is 19.8 Å². The molecule has 4 rings (SSSR count). The molecule has 1 fully saturated rings. The smallest absolute Gasteiger partial charge is 0.263 e. The van der Waals surface area contributed by atoms with Crippen molar-refractivity contribution in [1.29, 1.82) is 0 Å². The Hall–Kier alpha value is -3.06. The van der Waals surface area contributed by atoms with E-state index in [-0.39, 0.29) is 18.2 Å². The minimum Gasteiger partial charge on any atom is -0.459 e. The van der Waals surface area contributed by atoms with Gasteiger partial charge in [-0.25, -0.2) is 4.98 Å². The number of benzene rings is 1. The SMILES string of the molecule is Cc1oc(-c2ccco2)nc1CC(=O)N1CCCN(C(=O)c2ccccc2Cl)CC1. The maximum Gasteiger partial charge on any atom is 0.263 e. The monoisotopic (exact) mass is 427 g/mol. The second-order valence-corrected chi connectivity index (χ2v) is 7.59. The summed E-state index contributed by atoms with van der Waals surface area (Å²) in [5, 5.41) is 0.438. The summed E-state index contributed by atoms with van der Waals surface area (Å²) in [5.41, 5.74) is 1.09. The number of furan rings is 1. The summed E-state index contributed by atoms with van der Waals surface area (Å²) < 4.78 is 10.9. The fourth-order valence-electron chi connectivity index (χ4n) is 3.53. The second-order valence-electron chi connectivity index (χ2n) is 7.18. The van der Waals surface area contributed by atoms with E-state index >= 15 is 0 Å². The van der Waals surface area contributed by atoms with E-state index in [0.717, 1.165) is 0 Å². The van der Waals surface area contributed by atoms with Crippen LogP contribution in [0.3, 0.4) is 0 Å². The Morgan fingerprint density at radius 2 is 1.83 bits per heavy atom. The average Bonchev–Trinajstić information content (AvgIpc) is 3.32. The molecule has 3 aromatic rings. The van der Waals surface area contributed by atoms with Crippen molar-refractivity contribution in [2.24, 2.45) is 0 Å². The van der Waals surface area contributed by atoms with Crippen molar-refractivity contribution in [2.75, 3.05) is 26.2 Å². The van der Waals surface area contributed by atoms with Crippen LogP contribution in [0.15, 0.2) is 51.5 Å². The predicted octanol–water partition coefficient (Wildman–Crippen LogP) is 3.81. The molecule has 0 unspecified atom stereocenters. The molecule has 0 radical (unpaired) electrons. The zero-order valence-corrected chi connectivity index (χ0v) is 17.4. The number of aromatic nitrogens is 1. The summed E-state index contributed by atoms with van der Waals surface area (Å²) in [5.74, 6) is 1.35. The Morgan fingerprint density at radius 3 is 2.60 bits per heavy atom. The molecule has 3 heterocycles. The van der Waals surface area contributed by atoms with Crippen LogP contribution < -0.4 is 0 Å². The third-order valence-corrected chi connectivity index (χ3v) is 5.51. The van der Waals surface area contributed by atoms with Gasteiger partial charge in [0.05, 0.1) is 29.0 Å². The molecular formula is C22H22ClN3O4. The van der Waals surface area contributed by atoms with Gasteiger partial charge in [0.25, 0.3) is 11.8 Å². The van der Waals surface area contributed by atoms with Crippen molar-refractivity contribution in [3.63, 3.8) is 0 Å². The van der Waals surface area contributed by atoms with Gasteiger partial charge >= 0.3 is 0 Å². The Kier molecular flexibility index (Phi) is 5.90. The van der Waals surface area contributed by atoms with E-state index in [4.69, 9.17) is 20.4 Å². The van der Waals surface area contributed by atoms with Crippen LogP contribution >= 0.6 is 11.6 Å². The lowest BCUT2D eigenvalue weighted by Crippen LogP contribution is -2.38. The highest BCUT2D eigenvalue weighted by molar-refractivity contribution is 6.33. The number of hydrogen-bond acceptors (Lipinski definition) is 5. The first-order chi connectivity index (χ1) is 14.5. The maximum atomic E-state index is 12.9. The summed E-state index contributed by atoms with van der Waals surface area (Å²) in [6.45, 7) is 3.89. The Balaban J connectivity index is 1.39. The van der Waals surface area contributed by atoms with Crippen LogP contribution in [0.5, 0.6) is 0 Å². The molecule has 7 nitrogen and oxygen atoms in total. The minimum atomic E-state index is -0.106. The molecule has 0 aliphatic carbocycles. The van der Waals surface area contributed by atoms with Crippen LogP contribution in [-0.2, 0) is 11.2 Å². The first-order valence-corrected chi connectivity index (χ1v) is 10.2. The number of oxazole rings is 1. The van der Waals surface area contributed by atoms with Crippen molar-refractivity contribution in [3.05, 3.63) is 64.7 Å². The fraction of sp³-hybridized carbons (Fsp3) is 0.318. The summed E-state index contributed by atoms with van der Waals surface area (Å²) in [7, 11) is 0. The third-order valence-electron chi connectivity index (χ3n) is 5.18. The van der Waals surface area contributed by atoms with Crippen LogP contribution in [0, 0.1) is 6.92 Å². The van der Waals surface area contributed by atoms with Gasteiger partial charge in [-0.3, -0.25) is 9.59 Å². The van der Waals surface area contributed by atoms with Gasteiger partial charge in [-0.05, 0) is 37.6 Å². The Bertz CT molecular complexity index is 1040. The van der Waals surface area contributed by atoms with Crippen LogP contribution in [0.4, 0.5) is 0 Å². The van der Waals surface area contributed by atoms with Crippen LogP contribution in [0.2, 0.25) is 5.02 Å². The van der Waals surface area contributed by atoms with Crippen molar-refractivity contribution >= 4 is 23.4 Å². The molecule has 8 heteroatoms. The lowest BCUT2D eigenvalue weighted by Gasteiger charge is -2.22. The maximum absolute atomic E-state index is 12.9. The Labute approximate surface area is 179 Å². The molecular weight excluding hydrogens is 406 g/mol. The van der Waals surface area contributed by atoms with E-state index in [9.17, 15) is 9.59 Å². The lowest BCUT2D eigenvalue weighted by molar-refractivity contribution is -0.130. The number of amides is 2. The van der Waals surface area contributed by atoms with E-state index in [1.165, 1.54) is 0 Å². The minimum absolute atomic E-state index is 0.0376. The van der Waals surface area contributed by atoms with E-state index in [2.05, 4.69) is 4.98 Å². The van der Waals surface area contributed by atoms with Crippen molar-refractivity contribution in [1.82, 2.24) is 14.8 Å². The molecule has 1 aliphatic heterocycles. The number of carbonyl (C=O) groups is 2. The summed E-state index contributed by atoms with van der Waals surface area (Å²) >= 11 is 6.17. The standard InChI is InChI=1S/C22H22ClN3O4/c1-15-18(24-21(30-15)19-8-4-13-29-19)14-20(27)25-9-5-10-26(12-11-25)22(28)16-6-2-3-7-17(16)23/h2-4,6-8,13H,5,9-12,14H2,1H3. The lowest BCUT2D eigenvalue weighted by atomic mass is 10.2. The predicted molar refractivity (Wildman–Crippen MR) is 111 cm³/mol. The zero-order chi connectivity index (χ0) is 21.1. The molecule has 1 saturated heterocycles. The summed E-state index contributed by atoms with van der Waals surface area (Å²) in [6, 6.07) is 10.5. The molecule has 1 aliphatic rings. The van der Waals surface area contributed by atoms with Crippen LogP contribution in [-0.4, -0.2) is 52.8 Å². The van der Waals surface area contributed by atoms with Gasteiger partial charge in [0.15, 0.2) is 5.76 Å². The highest BCUT2D eigenvalue weighted by Crippen LogP contribution is 2.23. The fourth-order valence-corrected chi connectivity index (χ4v) is 3.74. The van der Waals surface area contributed by atoms with Gasteiger partial charge in [-0.2, -0.15) is 0 Å². The molecule has 30 heavy (non-hydrogen) atoms. The molecule has 156 valence electrons. The molecule has 0 bridgehead atoms. The molecule has 0 saturated carbocycles. The second kappa shape index (κ2) is 8.75. The van der Waals surface area contributed by atoms with Gasteiger partial charge < -0.3 is 18.6 Å². The molecule has 2 aromatic heterocycles. The van der Waals surface area contributed by atoms with E-state index in [1.807, 2.05) is 0 Å². The van der Waals surface area contributed by atoms with Crippen molar-refractivity contribution < 1.29 is 18.4 Å². The highest BCUT2D eigenvalue weighted by atomic mass is 35.5. The number of carbonyl (C=O) groups excluding carboxylic acids is 2. The number of rotatable bonds is 4. The summed E-state index contributed by atoms with van der Waals surface area (Å²) in [6.07, 6.45) is 2.40. The number of aryl methyl sites for hydroxylation is 1. The van der Waals surface area contributed by atoms with Gasteiger partial charge in [0.2, 0.25) is 5.91 Å². The number of halogens is 1. The zero-order valence-electron chi connectivity index (χ0n) is 16.6. The number of hydrogen-bond donors (Lipinski definition) is 0. The molecule has 2 amide bonds. The van der Waals surface area contributed by atoms with E-state index < -0.39 is 0 Å². The van der Waals surface area contributed by atoms with Gasteiger partial charge in [0, 0.05) is 26.2 Å². The van der Waals surface area contributed by atoms with Crippen molar-refractivity contribution in [3.8, 4) is 11.7 Å². The number of nitrogens with zero attached hydrogens (tertiary/aromatic N) is 3. The largest absolute Gasteiger partial charge is 0.459 e. The van der Waals surface area contributed by atoms with E-state index in [0.29, 0.717) is 66.3 Å². The molecule has 0 N–H and O–H groups in total. The normalized spacial score (nSPS) is 14.6. The van der Waals surface area contributed by atoms with Gasteiger partial charge in [-0.15, -0.1) is 0 Å². The highest BCUT2D eigenvalue weighted by Gasteiger charge is 2.25. The van der Waals surface area contributed by atoms with Crippen LogP contribution in [0.1, 0.15) is 28.2 Å². The van der Waals surface area contributed by atoms with Crippen LogP contribution in [0.25, 0.3) is 11.7 Å².